The number of nitrogens with zero attached hydrogens (tertiary/aromatic N) is 1. The third-order valence-corrected chi connectivity index (χ3v) is 4.38. The summed E-state index contributed by atoms with van der Waals surface area (Å²) in [5, 5.41) is 3.39. The lowest BCUT2D eigenvalue weighted by Crippen LogP contribution is -2.43. The lowest BCUT2D eigenvalue weighted by molar-refractivity contribution is 0.357. The Bertz CT molecular complexity index is 630. The molecule has 2 aliphatic heterocycles. The van der Waals surface area contributed by atoms with Crippen molar-refractivity contribution in [1.29, 1.82) is 0 Å². The first-order chi connectivity index (χ1) is 10.4. The van der Waals surface area contributed by atoms with E-state index in [0.29, 0.717) is 0 Å². The molecule has 1 saturated heterocycles. The molecule has 0 spiro atoms. The highest BCUT2D eigenvalue weighted by molar-refractivity contribution is 5.68. The normalized spacial score (nSPS) is 17.4. The van der Waals surface area contributed by atoms with E-state index in [1.54, 1.807) is 0 Å². The lowest BCUT2D eigenvalue weighted by atomic mass is 10.0. The molecular weight excluding hydrogens is 260 g/mol. The van der Waals surface area contributed by atoms with Crippen LogP contribution < -0.4 is 15.0 Å². The van der Waals surface area contributed by atoms with Gasteiger partial charge in [0, 0.05) is 38.3 Å². The Morgan fingerprint density at radius 3 is 2.48 bits per heavy atom. The highest BCUT2D eigenvalue weighted by Crippen LogP contribution is 2.31. The van der Waals surface area contributed by atoms with Crippen molar-refractivity contribution in [3.63, 3.8) is 0 Å². The van der Waals surface area contributed by atoms with Crippen molar-refractivity contribution in [2.45, 2.75) is 6.42 Å². The fourth-order valence-electron chi connectivity index (χ4n) is 3.13. The molecule has 0 bridgehead atoms. The third kappa shape index (κ3) is 2.49. The average molecular weight is 280 g/mol. The molecule has 2 aliphatic rings. The van der Waals surface area contributed by atoms with E-state index < -0.39 is 0 Å². The van der Waals surface area contributed by atoms with Crippen LogP contribution in [0, 0.1) is 0 Å². The lowest BCUT2D eigenvalue weighted by Gasteiger charge is -2.29. The quantitative estimate of drug-likeness (QED) is 0.915. The standard InChI is InChI=1S/C18H20N2O/c1-2-16(13-18-15(1)7-12-21-18)14-3-5-17(6-4-14)20-10-8-19-9-11-20/h1-6,13,19H,7-12H2. The summed E-state index contributed by atoms with van der Waals surface area (Å²) in [7, 11) is 0. The summed E-state index contributed by atoms with van der Waals surface area (Å²) in [6, 6.07) is 15.5. The number of hydrogen-bond acceptors (Lipinski definition) is 3. The summed E-state index contributed by atoms with van der Waals surface area (Å²) in [5.74, 6) is 1.05. The van der Waals surface area contributed by atoms with Gasteiger partial charge in [-0.05, 0) is 34.9 Å². The maximum Gasteiger partial charge on any atom is 0.123 e. The summed E-state index contributed by atoms with van der Waals surface area (Å²) in [6.45, 7) is 5.15. The molecule has 2 aromatic rings. The second-order valence-corrected chi connectivity index (χ2v) is 5.70. The summed E-state index contributed by atoms with van der Waals surface area (Å²) < 4.78 is 5.66. The van der Waals surface area contributed by atoms with Crippen molar-refractivity contribution in [2.75, 3.05) is 37.7 Å². The minimum atomic E-state index is 0.820. The summed E-state index contributed by atoms with van der Waals surface area (Å²) in [6.07, 6.45) is 1.04. The van der Waals surface area contributed by atoms with Crippen LogP contribution in [0.1, 0.15) is 5.56 Å². The van der Waals surface area contributed by atoms with E-state index in [0.717, 1.165) is 45.0 Å². The first-order valence-electron chi connectivity index (χ1n) is 7.72. The van der Waals surface area contributed by atoms with E-state index in [1.807, 2.05) is 0 Å². The van der Waals surface area contributed by atoms with Crippen LogP contribution in [0.3, 0.4) is 0 Å². The topological polar surface area (TPSA) is 24.5 Å². The van der Waals surface area contributed by atoms with Crippen molar-refractivity contribution < 1.29 is 4.74 Å². The van der Waals surface area contributed by atoms with Gasteiger partial charge in [0.2, 0.25) is 0 Å². The highest BCUT2D eigenvalue weighted by Gasteiger charge is 2.13. The van der Waals surface area contributed by atoms with Crippen LogP contribution in [-0.4, -0.2) is 32.8 Å². The zero-order valence-corrected chi connectivity index (χ0v) is 12.1. The number of hydrogen-bond donors (Lipinski definition) is 1. The van der Waals surface area contributed by atoms with E-state index in [9.17, 15) is 0 Å². The minimum absolute atomic E-state index is 0.820. The molecule has 0 aliphatic carbocycles. The smallest absolute Gasteiger partial charge is 0.123 e. The Hall–Kier alpha value is -2.00. The Labute approximate surface area is 125 Å². The van der Waals surface area contributed by atoms with Crippen LogP contribution in [0.2, 0.25) is 0 Å². The van der Waals surface area contributed by atoms with Gasteiger partial charge in [0.15, 0.2) is 0 Å². The van der Waals surface area contributed by atoms with Crippen molar-refractivity contribution in [3.8, 4) is 16.9 Å². The van der Waals surface area contributed by atoms with Gasteiger partial charge in [0.25, 0.3) is 0 Å². The predicted octanol–water partition coefficient (Wildman–Crippen LogP) is 2.70. The molecule has 0 saturated carbocycles. The number of fused-ring (bicyclic) bond motifs is 1. The van der Waals surface area contributed by atoms with Crippen LogP contribution in [-0.2, 0) is 6.42 Å². The van der Waals surface area contributed by atoms with Gasteiger partial charge in [-0.1, -0.05) is 24.3 Å². The van der Waals surface area contributed by atoms with Crippen molar-refractivity contribution in [2.24, 2.45) is 0 Å². The highest BCUT2D eigenvalue weighted by atomic mass is 16.5. The molecule has 108 valence electrons. The number of ether oxygens (including phenoxy) is 1. The molecule has 0 radical (unpaired) electrons. The van der Waals surface area contributed by atoms with Gasteiger partial charge in [0.05, 0.1) is 6.61 Å². The van der Waals surface area contributed by atoms with Crippen LogP contribution in [0.4, 0.5) is 5.69 Å². The van der Waals surface area contributed by atoms with Crippen molar-refractivity contribution >= 4 is 5.69 Å². The SMILES string of the molecule is c1cc(N2CCNCC2)ccc1-c1ccc2c(c1)OCC2. The molecule has 0 aromatic heterocycles. The zero-order chi connectivity index (χ0) is 14.1. The van der Waals surface area contributed by atoms with Crippen LogP contribution in [0.25, 0.3) is 11.1 Å². The molecule has 4 rings (SSSR count). The molecule has 1 fully saturated rings. The fourth-order valence-corrected chi connectivity index (χ4v) is 3.13. The van der Waals surface area contributed by atoms with Crippen LogP contribution in [0.5, 0.6) is 5.75 Å². The van der Waals surface area contributed by atoms with Crippen molar-refractivity contribution in [3.05, 3.63) is 48.0 Å². The first-order valence-corrected chi connectivity index (χ1v) is 7.72. The van der Waals surface area contributed by atoms with Gasteiger partial charge in [-0.15, -0.1) is 0 Å². The molecule has 3 nitrogen and oxygen atoms in total. The third-order valence-electron chi connectivity index (χ3n) is 4.38. The monoisotopic (exact) mass is 280 g/mol. The molecular formula is C18H20N2O. The number of rotatable bonds is 2. The maximum atomic E-state index is 5.66. The van der Waals surface area contributed by atoms with Crippen molar-refractivity contribution in [1.82, 2.24) is 5.32 Å². The van der Waals surface area contributed by atoms with Gasteiger partial charge < -0.3 is 15.0 Å². The van der Waals surface area contributed by atoms with Gasteiger partial charge in [-0.25, -0.2) is 0 Å². The summed E-state index contributed by atoms with van der Waals surface area (Å²) >= 11 is 0. The zero-order valence-electron chi connectivity index (χ0n) is 12.1. The fraction of sp³-hybridized carbons (Fsp3) is 0.333. The second kappa shape index (κ2) is 5.41. The van der Waals surface area contributed by atoms with Gasteiger partial charge >= 0.3 is 0 Å². The predicted molar refractivity (Wildman–Crippen MR) is 86.2 cm³/mol. The first kappa shape index (κ1) is 12.7. The number of piperazine rings is 1. The molecule has 0 atom stereocenters. The van der Waals surface area contributed by atoms with E-state index in [2.05, 4.69) is 52.7 Å². The number of nitrogens with one attached hydrogen (secondary N) is 1. The number of anilines is 1. The number of benzene rings is 2. The molecule has 2 aromatic carbocycles. The second-order valence-electron chi connectivity index (χ2n) is 5.70. The molecule has 2 heterocycles. The maximum absolute atomic E-state index is 5.66. The Morgan fingerprint density at radius 1 is 0.905 bits per heavy atom. The molecule has 0 amide bonds. The molecule has 21 heavy (non-hydrogen) atoms. The Kier molecular flexibility index (Phi) is 3.28. The van der Waals surface area contributed by atoms with Gasteiger partial charge in [-0.3, -0.25) is 0 Å². The van der Waals surface area contributed by atoms with E-state index in [-0.39, 0.29) is 0 Å². The van der Waals surface area contributed by atoms with Crippen LogP contribution >= 0.6 is 0 Å². The van der Waals surface area contributed by atoms with E-state index >= 15 is 0 Å². The largest absolute Gasteiger partial charge is 0.493 e. The van der Waals surface area contributed by atoms with Gasteiger partial charge in [0.1, 0.15) is 5.75 Å². The molecule has 1 N–H and O–H groups in total. The van der Waals surface area contributed by atoms with E-state index in [4.69, 9.17) is 4.74 Å². The average Bonchev–Trinajstić information content (AvgIpc) is 3.03. The Balaban J connectivity index is 1.58. The summed E-state index contributed by atoms with van der Waals surface area (Å²) in [4.78, 5) is 2.44. The van der Waals surface area contributed by atoms with Gasteiger partial charge in [-0.2, -0.15) is 0 Å². The summed E-state index contributed by atoms with van der Waals surface area (Å²) in [5.41, 5.74) is 5.14. The molecule has 3 heteroatoms. The minimum Gasteiger partial charge on any atom is -0.493 e. The van der Waals surface area contributed by atoms with E-state index in [1.165, 1.54) is 22.4 Å². The molecule has 0 unspecified atom stereocenters. The van der Waals surface area contributed by atoms with Crippen LogP contribution in [0.15, 0.2) is 42.5 Å². The Morgan fingerprint density at radius 2 is 1.67 bits per heavy atom.